The van der Waals surface area contributed by atoms with Gasteiger partial charge in [-0.15, -0.1) is 11.8 Å². The van der Waals surface area contributed by atoms with Crippen LogP contribution in [0.15, 0.2) is 35.2 Å². The number of rotatable bonds is 4. The van der Waals surface area contributed by atoms with Gasteiger partial charge in [-0.1, -0.05) is 39.0 Å². The molecule has 100 valence electrons. The number of carboxylic acids is 1. The van der Waals surface area contributed by atoms with E-state index in [0.29, 0.717) is 11.2 Å². The number of carboxylic acid groups (broad SMARTS) is 1. The number of hydrogen-bond acceptors (Lipinski definition) is 3. The summed E-state index contributed by atoms with van der Waals surface area (Å²) < 4.78 is 0. The standard InChI is InChI=1S/C15H17NO2S/c1-9(2)10(3)19-14-8-13(15(17)18)16-12-7-5-4-6-11(12)14/h4-10H,1-3H3,(H,17,18). The van der Waals surface area contributed by atoms with Gasteiger partial charge in [-0.25, -0.2) is 9.78 Å². The number of thioether (sulfide) groups is 1. The third-order valence-corrected chi connectivity index (χ3v) is 4.66. The highest BCUT2D eigenvalue weighted by atomic mass is 32.2. The second kappa shape index (κ2) is 5.61. The van der Waals surface area contributed by atoms with Crippen molar-refractivity contribution in [3.05, 3.63) is 36.0 Å². The average Bonchev–Trinajstić information content (AvgIpc) is 2.38. The first kappa shape index (κ1) is 13.9. The third kappa shape index (κ3) is 3.07. The summed E-state index contributed by atoms with van der Waals surface area (Å²) in [6.07, 6.45) is 0. The molecule has 1 aromatic carbocycles. The predicted octanol–water partition coefficient (Wildman–Crippen LogP) is 4.07. The Kier molecular flexibility index (Phi) is 4.10. The number of aromatic carboxylic acids is 1. The molecule has 19 heavy (non-hydrogen) atoms. The van der Waals surface area contributed by atoms with Gasteiger partial charge < -0.3 is 5.11 Å². The van der Waals surface area contributed by atoms with Gasteiger partial charge in [0.25, 0.3) is 0 Å². The first-order valence-electron chi connectivity index (χ1n) is 6.28. The molecule has 1 heterocycles. The topological polar surface area (TPSA) is 50.2 Å². The first-order valence-corrected chi connectivity index (χ1v) is 7.16. The lowest BCUT2D eigenvalue weighted by Gasteiger charge is -2.16. The van der Waals surface area contributed by atoms with Gasteiger partial charge in [-0.2, -0.15) is 0 Å². The van der Waals surface area contributed by atoms with Crippen molar-refractivity contribution in [3.63, 3.8) is 0 Å². The van der Waals surface area contributed by atoms with E-state index in [9.17, 15) is 4.79 Å². The van der Waals surface area contributed by atoms with Crippen LogP contribution >= 0.6 is 11.8 Å². The monoisotopic (exact) mass is 275 g/mol. The SMILES string of the molecule is CC(C)C(C)Sc1cc(C(=O)O)nc2ccccc12. The number of fused-ring (bicyclic) bond motifs is 1. The van der Waals surface area contributed by atoms with Gasteiger partial charge in [-0.3, -0.25) is 0 Å². The third-order valence-electron chi connectivity index (χ3n) is 3.15. The van der Waals surface area contributed by atoms with Crippen LogP contribution in [0.3, 0.4) is 0 Å². The van der Waals surface area contributed by atoms with Crippen LogP contribution in [0, 0.1) is 5.92 Å². The average molecular weight is 275 g/mol. The molecule has 0 radical (unpaired) electrons. The second-order valence-electron chi connectivity index (χ2n) is 4.89. The summed E-state index contributed by atoms with van der Waals surface area (Å²) in [7, 11) is 0. The molecular weight excluding hydrogens is 258 g/mol. The molecule has 0 aliphatic carbocycles. The summed E-state index contributed by atoms with van der Waals surface area (Å²) in [5.74, 6) is -0.449. The zero-order valence-corrected chi connectivity index (χ0v) is 12.1. The maximum atomic E-state index is 11.1. The van der Waals surface area contributed by atoms with E-state index in [1.807, 2.05) is 24.3 Å². The summed E-state index contributed by atoms with van der Waals surface area (Å²) in [5.41, 5.74) is 0.845. The molecule has 4 heteroatoms. The van der Waals surface area contributed by atoms with E-state index < -0.39 is 5.97 Å². The molecule has 3 nitrogen and oxygen atoms in total. The number of benzene rings is 1. The van der Waals surface area contributed by atoms with Gasteiger partial charge in [0, 0.05) is 15.5 Å². The summed E-state index contributed by atoms with van der Waals surface area (Å²) in [6, 6.07) is 9.35. The summed E-state index contributed by atoms with van der Waals surface area (Å²) in [6.45, 7) is 6.49. The smallest absolute Gasteiger partial charge is 0.354 e. The van der Waals surface area contributed by atoms with Crippen molar-refractivity contribution < 1.29 is 9.90 Å². The van der Waals surface area contributed by atoms with Gasteiger partial charge in [0.2, 0.25) is 0 Å². The van der Waals surface area contributed by atoms with Crippen molar-refractivity contribution in [1.82, 2.24) is 4.98 Å². The Morgan fingerprint density at radius 3 is 2.58 bits per heavy atom. The number of nitrogens with zero attached hydrogens (tertiary/aromatic N) is 1. The van der Waals surface area contributed by atoms with Gasteiger partial charge in [0.1, 0.15) is 5.69 Å². The minimum atomic E-state index is -0.982. The summed E-state index contributed by atoms with van der Waals surface area (Å²) in [5, 5.41) is 10.6. The molecule has 1 N–H and O–H groups in total. The maximum Gasteiger partial charge on any atom is 0.354 e. The van der Waals surface area contributed by atoms with Gasteiger partial charge in [-0.05, 0) is 18.1 Å². The first-order chi connectivity index (χ1) is 8.99. The minimum Gasteiger partial charge on any atom is -0.477 e. The highest BCUT2D eigenvalue weighted by Crippen LogP contribution is 2.33. The molecule has 0 aliphatic heterocycles. The molecule has 0 fully saturated rings. The van der Waals surface area contributed by atoms with Crippen molar-refractivity contribution >= 4 is 28.6 Å². The Bertz CT molecular complexity index is 610. The molecule has 2 rings (SSSR count). The van der Waals surface area contributed by atoms with E-state index >= 15 is 0 Å². The minimum absolute atomic E-state index is 0.108. The van der Waals surface area contributed by atoms with Crippen molar-refractivity contribution in [2.75, 3.05) is 0 Å². The molecule has 2 aromatic rings. The lowest BCUT2D eigenvalue weighted by Crippen LogP contribution is -2.07. The van der Waals surface area contributed by atoms with Gasteiger partial charge in [0.15, 0.2) is 0 Å². The summed E-state index contributed by atoms with van der Waals surface area (Å²) in [4.78, 5) is 16.3. The van der Waals surface area contributed by atoms with Crippen LogP contribution < -0.4 is 0 Å². The lowest BCUT2D eigenvalue weighted by atomic mass is 10.1. The predicted molar refractivity (Wildman–Crippen MR) is 78.9 cm³/mol. The van der Waals surface area contributed by atoms with Crippen LogP contribution in [-0.2, 0) is 0 Å². The number of carbonyl (C=O) groups is 1. The van der Waals surface area contributed by atoms with Gasteiger partial charge in [0.05, 0.1) is 5.52 Å². The normalized spacial score (nSPS) is 12.8. The molecule has 0 bridgehead atoms. The molecule has 1 unspecified atom stereocenters. The molecule has 0 spiro atoms. The van der Waals surface area contributed by atoms with Crippen molar-refractivity contribution in [1.29, 1.82) is 0 Å². The number of aromatic nitrogens is 1. The molecule has 1 atom stereocenters. The highest BCUT2D eigenvalue weighted by Gasteiger charge is 2.15. The lowest BCUT2D eigenvalue weighted by molar-refractivity contribution is 0.0690. The Morgan fingerprint density at radius 2 is 1.95 bits per heavy atom. The van der Waals surface area contributed by atoms with E-state index in [0.717, 1.165) is 15.8 Å². The Hall–Kier alpha value is -1.55. The Labute approximate surface area is 117 Å². The molecular formula is C15H17NO2S. The van der Waals surface area contributed by atoms with E-state index in [2.05, 4.69) is 25.8 Å². The second-order valence-corrected chi connectivity index (χ2v) is 6.31. The highest BCUT2D eigenvalue weighted by molar-refractivity contribution is 8.00. The molecule has 1 aromatic heterocycles. The van der Waals surface area contributed by atoms with Crippen molar-refractivity contribution in [3.8, 4) is 0 Å². The Balaban J connectivity index is 2.53. The van der Waals surface area contributed by atoms with Crippen LogP contribution in [0.25, 0.3) is 10.9 Å². The molecule has 0 aliphatic rings. The Morgan fingerprint density at radius 1 is 1.26 bits per heavy atom. The van der Waals surface area contributed by atoms with Crippen LogP contribution in [0.4, 0.5) is 0 Å². The van der Waals surface area contributed by atoms with E-state index in [4.69, 9.17) is 5.11 Å². The zero-order chi connectivity index (χ0) is 14.0. The van der Waals surface area contributed by atoms with Gasteiger partial charge >= 0.3 is 5.97 Å². The molecule has 0 amide bonds. The fraction of sp³-hybridized carbons (Fsp3) is 0.333. The van der Waals surface area contributed by atoms with E-state index in [1.54, 1.807) is 17.8 Å². The fourth-order valence-electron chi connectivity index (χ4n) is 1.69. The van der Waals surface area contributed by atoms with Crippen LogP contribution in [0.5, 0.6) is 0 Å². The fourth-order valence-corrected chi connectivity index (χ4v) is 2.84. The van der Waals surface area contributed by atoms with E-state index in [1.165, 1.54) is 0 Å². The largest absolute Gasteiger partial charge is 0.477 e. The van der Waals surface area contributed by atoms with Crippen molar-refractivity contribution in [2.45, 2.75) is 30.9 Å². The number of para-hydroxylation sites is 1. The number of pyridine rings is 1. The van der Waals surface area contributed by atoms with E-state index in [-0.39, 0.29) is 5.69 Å². The van der Waals surface area contributed by atoms with Crippen LogP contribution in [0.1, 0.15) is 31.3 Å². The van der Waals surface area contributed by atoms with Crippen LogP contribution in [-0.4, -0.2) is 21.3 Å². The van der Waals surface area contributed by atoms with Crippen molar-refractivity contribution in [2.24, 2.45) is 5.92 Å². The van der Waals surface area contributed by atoms with Crippen LogP contribution in [0.2, 0.25) is 0 Å². The maximum absolute atomic E-state index is 11.1. The molecule has 0 saturated carbocycles. The quantitative estimate of drug-likeness (QED) is 0.854. The summed E-state index contributed by atoms with van der Waals surface area (Å²) >= 11 is 1.71. The molecule has 0 saturated heterocycles. The number of hydrogen-bond donors (Lipinski definition) is 1. The zero-order valence-electron chi connectivity index (χ0n) is 11.3.